The van der Waals surface area contributed by atoms with Crippen molar-refractivity contribution in [3.63, 3.8) is 0 Å². The molecule has 134 valence electrons. The van der Waals surface area contributed by atoms with Crippen LogP contribution in [0.15, 0.2) is 48.0 Å². The van der Waals surface area contributed by atoms with Crippen LogP contribution in [0.5, 0.6) is 0 Å². The number of ether oxygens (including phenoxy) is 1. The van der Waals surface area contributed by atoms with Gasteiger partial charge in [0.05, 0.1) is 17.5 Å². The molecule has 3 rings (SSSR count). The van der Waals surface area contributed by atoms with Gasteiger partial charge >= 0.3 is 0 Å². The van der Waals surface area contributed by atoms with E-state index in [0.29, 0.717) is 29.1 Å². The zero-order valence-electron chi connectivity index (χ0n) is 15.5. The average Bonchev–Trinajstić information content (AvgIpc) is 2.65. The summed E-state index contributed by atoms with van der Waals surface area (Å²) in [7, 11) is 1.74. The molecule has 0 saturated carbocycles. The van der Waals surface area contributed by atoms with E-state index < -0.39 is 0 Å². The first-order valence-corrected chi connectivity index (χ1v) is 8.76. The van der Waals surface area contributed by atoms with Crippen LogP contribution in [0.1, 0.15) is 30.9 Å². The molecule has 0 fully saturated rings. The maximum atomic E-state index is 12.9. The normalized spacial score (nSPS) is 10.9. The second kappa shape index (κ2) is 7.52. The van der Waals surface area contributed by atoms with E-state index in [1.165, 1.54) is 0 Å². The van der Waals surface area contributed by atoms with E-state index >= 15 is 0 Å². The summed E-state index contributed by atoms with van der Waals surface area (Å²) in [6.07, 6.45) is 5.39. The molecule has 0 radical (unpaired) electrons. The van der Waals surface area contributed by atoms with Crippen molar-refractivity contribution in [2.75, 3.05) is 6.61 Å². The molecule has 3 aromatic rings. The van der Waals surface area contributed by atoms with Gasteiger partial charge in [-0.15, -0.1) is 0 Å². The van der Waals surface area contributed by atoms with Crippen molar-refractivity contribution in [2.24, 2.45) is 7.05 Å². The molecule has 2 aromatic heterocycles. The Morgan fingerprint density at radius 3 is 2.69 bits per heavy atom. The number of aryl methyl sites for hydroxylation is 1. The second-order valence-corrected chi connectivity index (χ2v) is 6.37. The van der Waals surface area contributed by atoms with Gasteiger partial charge in [0.25, 0.3) is 5.56 Å². The van der Waals surface area contributed by atoms with Gasteiger partial charge in [-0.05, 0) is 43.2 Å². The van der Waals surface area contributed by atoms with Crippen molar-refractivity contribution in [3.8, 4) is 11.4 Å². The number of benzene rings is 1. The third kappa shape index (κ3) is 3.38. The largest absolute Gasteiger partial charge is 0.494 e. The number of unbranched alkanes of at least 4 members (excludes halogenated alkanes) is 1. The van der Waals surface area contributed by atoms with Gasteiger partial charge in [0.15, 0.2) is 0 Å². The maximum absolute atomic E-state index is 12.9. The Hall–Kier alpha value is -2.95. The molecule has 0 amide bonds. The highest BCUT2D eigenvalue weighted by Crippen LogP contribution is 2.26. The van der Waals surface area contributed by atoms with Crippen LogP contribution in [-0.2, 0) is 11.8 Å². The van der Waals surface area contributed by atoms with Crippen LogP contribution in [0.2, 0.25) is 0 Å². The molecule has 0 bridgehead atoms. The van der Waals surface area contributed by atoms with Crippen LogP contribution < -0.4 is 5.56 Å². The Kier molecular flexibility index (Phi) is 5.16. The second-order valence-electron chi connectivity index (χ2n) is 6.37. The quantitative estimate of drug-likeness (QED) is 0.497. The molecule has 5 heteroatoms. The highest BCUT2D eigenvalue weighted by Gasteiger charge is 2.16. The fourth-order valence-corrected chi connectivity index (χ4v) is 2.91. The summed E-state index contributed by atoms with van der Waals surface area (Å²) in [6.45, 7) is 8.73. The van der Waals surface area contributed by atoms with Crippen molar-refractivity contribution < 1.29 is 4.74 Å². The first kappa shape index (κ1) is 17.9. The molecule has 0 aliphatic rings. The van der Waals surface area contributed by atoms with E-state index in [0.717, 1.165) is 29.5 Å². The molecule has 0 unspecified atom stereocenters. The van der Waals surface area contributed by atoms with Crippen LogP contribution in [0.4, 0.5) is 0 Å². The molecular weight excluding hydrogens is 326 g/mol. The smallest absolute Gasteiger partial charge is 0.261 e. The minimum atomic E-state index is -0.0897. The summed E-state index contributed by atoms with van der Waals surface area (Å²) >= 11 is 0. The molecule has 2 heterocycles. The minimum Gasteiger partial charge on any atom is -0.494 e. The topological polar surface area (TPSA) is 57.0 Å². The molecule has 0 N–H and O–H groups in total. The number of hydrogen-bond acceptors (Lipinski definition) is 4. The lowest BCUT2D eigenvalue weighted by Crippen LogP contribution is -2.21. The van der Waals surface area contributed by atoms with Crippen molar-refractivity contribution in [1.29, 1.82) is 0 Å². The third-order valence-electron chi connectivity index (χ3n) is 4.34. The standard InChI is InChI=1S/C21H23N3O2/c1-5-6-11-26-15(3)17-12-14(2)13-18-19(17)23-20(24(4)21(18)25)16-7-9-22-10-8-16/h7-10,12-13H,3,5-6,11H2,1-2,4H3. The number of nitrogens with zero attached hydrogens (tertiary/aromatic N) is 3. The molecule has 0 spiro atoms. The Morgan fingerprint density at radius 2 is 2.00 bits per heavy atom. The summed E-state index contributed by atoms with van der Waals surface area (Å²) < 4.78 is 7.36. The molecule has 1 aromatic carbocycles. The van der Waals surface area contributed by atoms with Gasteiger partial charge in [-0.3, -0.25) is 14.3 Å². The average molecular weight is 349 g/mol. The number of hydrogen-bond donors (Lipinski definition) is 0. The highest BCUT2D eigenvalue weighted by atomic mass is 16.5. The van der Waals surface area contributed by atoms with E-state index in [2.05, 4.69) is 18.5 Å². The summed E-state index contributed by atoms with van der Waals surface area (Å²) in [5.74, 6) is 1.14. The minimum absolute atomic E-state index is 0.0897. The monoisotopic (exact) mass is 349 g/mol. The molecule has 0 saturated heterocycles. The fourth-order valence-electron chi connectivity index (χ4n) is 2.91. The van der Waals surface area contributed by atoms with Crippen molar-refractivity contribution in [2.45, 2.75) is 26.7 Å². The van der Waals surface area contributed by atoms with Gasteiger partial charge in [-0.2, -0.15) is 0 Å². The maximum Gasteiger partial charge on any atom is 0.261 e. The lowest BCUT2D eigenvalue weighted by Gasteiger charge is -2.15. The van der Waals surface area contributed by atoms with Gasteiger partial charge < -0.3 is 4.74 Å². The Balaban J connectivity index is 2.21. The van der Waals surface area contributed by atoms with Crippen molar-refractivity contribution in [1.82, 2.24) is 14.5 Å². The van der Waals surface area contributed by atoms with E-state index in [-0.39, 0.29) is 5.56 Å². The van der Waals surface area contributed by atoms with E-state index in [1.807, 2.05) is 31.2 Å². The summed E-state index contributed by atoms with van der Waals surface area (Å²) in [5.41, 5.74) is 3.11. The van der Waals surface area contributed by atoms with E-state index in [9.17, 15) is 4.79 Å². The van der Waals surface area contributed by atoms with Gasteiger partial charge in [0.2, 0.25) is 0 Å². The van der Waals surface area contributed by atoms with Gasteiger partial charge in [-0.25, -0.2) is 4.98 Å². The number of aromatic nitrogens is 3. The molecular formula is C21H23N3O2. The number of pyridine rings is 1. The molecule has 5 nitrogen and oxygen atoms in total. The summed E-state index contributed by atoms with van der Waals surface area (Å²) in [6, 6.07) is 7.52. The number of fused-ring (bicyclic) bond motifs is 1. The molecule has 0 aliphatic carbocycles. The molecule has 0 atom stereocenters. The van der Waals surface area contributed by atoms with Crippen molar-refractivity contribution in [3.05, 3.63) is 64.7 Å². The SMILES string of the molecule is C=C(OCCCC)c1cc(C)cc2c(=O)n(C)c(-c3ccncc3)nc12. The van der Waals surface area contributed by atoms with Gasteiger partial charge in [0, 0.05) is 30.6 Å². The summed E-state index contributed by atoms with van der Waals surface area (Å²) in [4.78, 5) is 21.8. The first-order valence-electron chi connectivity index (χ1n) is 8.76. The first-order chi connectivity index (χ1) is 12.5. The fraction of sp³-hybridized carbons (Fsp3) is 0.286. The Labute approximate surface area is 153 Å². The summed E-state index contributed by atoms with van der Waals surface area (Å²) in [5, 5.41) is 0.570. The molecule has 26 heavy (non-hydrogen) atoms. The van der Waals surface area contributed by atoms with Crippen LogP contribution in [0.3, 0.4) is 0 Å². The predicted molar refractivity (Wildman–Crippen MR) is 105 cm³/mol. The van der Waals surface area contributed by atoms with Gasteiger partial charge in [0.1, 0.15) is 11.6 Å². The zero-order valence-corrected chi connectivity index (χ0v) is 15.5. The number of rotatable bonds is 6. The van der Waals surface area contributed by atoms with Crippen LogP contribution in [0, 0.1) is 6.92 Å². The van der Waals surface area contributed by atoms with E-state index in [4.69, 9.17) is 9.72 Å². The van der Waals surface area contributed by atoms with Crippen molar-refractivity contribution >= 4 is 16.7 Å². The Bertz CT molecular complexity index is 1010. The van der Waals surface area contributed by atoms with Crippen LogP contribution in [0.25, 0.3) is 28.0 Å². The van der Waals surface area contributed by atoms with Gasteiger partial charge in [-0.1, -0.05) is 19.9 Å². The van der Waals surface area contributed by atoms with E-state index in [1.54, 1.807) is 24.0 Å². The van der Waals surface area contributed by atoms with Crippen LogP contribution >= 0.6 is 0 Å². The lowest BCUT2D eigenvalue weighted by molar-refractivity contribution is 0.271. The highest BCUT2D eigenvalue weighted by molar-refractivity contribution is 5.90. The zero-order chi connectivity index (χ0) is 18.7. The predicted octanol–water partition coefficient (Wildman–Crippen LogP) is 4.09. The molecule has 0 aliphatic heterocycles. The lowest BCUT2D eigenvalue weighted by atomic mass is 10.0. The van der Waals surface area contributed by atoms with Crippen LogP contribution in [-0.4, -0.2) is 21.1 Å². The third-order valence-corrected chi connectivity index (χ3v) is 4.34. The Morgan fingerprint density at radius 1 is 1.27 bits per heavy atom.